The summed E-state index contributed by atoms with van der Waals surface area (Å²) in [6.45, 7) is 8.36. The van der Waals surface area contributed by atoms with Gasteiger partial charge in [-0.2, -0.15) is 0 Å². The number of carboxylic acids is 1. The predicted molar refractivity (Wildman–Crippen MR) is 147 cm³/mol. The second-order valence-electron chi connectivity index (χ2n) is 11.3. The predicted octanol–water partition coefficient (Wildman–Crippen LogP) is 4.80. The Morgan fingerprint density at radius 3 is 1.77 bits per heavy atom. The quantitative estimate of drug-likeness (QED) is 0.261. The summed E-state index contributed by atoms with van der Waals surface area (Å²) in [5.41, 5.74) is 1.03. The maximum atomic E-state index is 13.5. The lowest BCUT2D eigenvalue weighted by Crippen LogP contribution is -2.45. The van der Waals surface area contributed by atoms with Gasteiger partial charge in [-0.05, 0) is 63.5 Å². The minimum absolute atomic E-state index is 0.0654. The van der Waals surface area contributed by atoms with Gasteiger partial charge in [0.1, 0.15) is 6.04 Å². The number of carbonyl (C=O) groups is 4. The largest absolute Gasteiger partial charge is 0.480 e. The molecule has 0 aliphatic rings. The van der Waals surface area contributed by atoms with E-state index in [1.54, 1.807) is 20.8 Å². The van der Waals surface area contributed by atoms with Gasteiger partial charge in [0.15, 0.2) is 0 Å². The first-order valence-corrected chi connectivity index (χ1v) is 13.3. The van der Waals surface area contributed by atoms with E-state index in [-0.39, 0.29) is 18.8 Å². The van der Waals surface area contributed by atoms with Crippen LogP contribution in [0.4, 0.5) is 0 Å². The molecule has 2 aromatic carbocycles. The van der Waals surface area contributed by atoms with Crippen molar-refractivity contribution in [3.05, 3.63) is 71.8 Å². The normalized spacial score (nSPS) is 13.7. The van der Waals surface area contributed by atoms with E-state index in [4.69, 9.17) is 9.47 Å². The second-order valence-corrected chi connectivity index (χ2v) is 11.3. The SMILES string of the molecule is CC(C)C[C@H](NC(=O)C(Cc1ccccc1)C[C@H](Cc1ccccc1)C(=O)OCOC(=O)C(C)(C)C)C(=O)O. The van der Waals surface area contributed by atoms with E-state index in [0.29, 0.717) is 12.8 Å². The minimum Gasteiger partial charge on any atom is -0.480 e. The molecule has 0 saturated heterocycles. The highest BCUT2D eigenvalue weighted by Crippen LogP contribution is 2.24. The van der Waals surface area contributed by atoms with Crippen LogP contribution in [0.15, 0.2) is 60.7 Å². The van der Waals surface area contributed by atoms with Crippen LogP contribution in [0.25, 0.3) is 0 Å². The monoisotopic (exact) mass is 539 g/mol. The van der Waals surface area contributed by atoms with Crippen molar-refractivity contribution in [2.75, 3.05) is 6.79 Å². The fraction of sp³-hybridized carbons (Fsp3) is 0.484. The number of aliphatic carboxylic acids is 1. The molecular weight excluding hydrogens is 498 g/mol. The summed E-state index contributed by atoms with van der Waals surface area (Å²) < 4.78 is 10.5. The average Bonchev–Trinajstić information content (AvgIpc) is 2.87. The van der Waals surface area contributed by atoms with Crippen LogP contribution in [0.3, 0.4) is 0 Å². The lowest BCUT2D eigenvalue weighted by Gasteiger charge is -2.25. The summed E-state index contributed by atoms with van der Waals surface area (Å²) in [6, 6.07) is 17.7. The van der Waals surface area contributed by atoms with Crippen LogP contribution in [-0.4, -0.2) is 41.8 Å². The van der Waals surface area contributed by atoms with Gasteiger partial charge in [0.25, 0.3) is 0 Å². The van der Waals surface area contributed by atoms with E-state index in [9.17, 15) is 24.3 Å². The standard InChI is InChI=1S/C31H41NO7/c1-21(2)16-26(28(34)35)32-27(33)24(17-22-12-8-6-9-13-22)19-25(18-23-14-10-7-11-15-23)29(36)38-20-39-30(37)31(3,4)5/h6-15,21,24-26H,16-20H2,1-5H3,(H,32,33)(H,34,35)/t24?,25-,26-/m0/s1. The number of hydrogen-bond donors (Lipinski definition) is 2. The van der Waals surface area contributed by atoms with Crippen molar-refractivity contribution in [3.63, 3.8) is 0 Å². The van der Waals surface area contributed by atoms with Gasteiger partial charge in [-0.1, -0.05) is 74.5 Å². The fourth-order valence-corrected chi connectivity index (χ4v) is 4.14. The van der Waals surface area contributed by atoms with Gasteiger partial charge < -0.3 is 19.9 Å². The molecule has 0 radical (unpaired) electrons. The number of benzene rings is 2. The highest BCUT2D eigenvalue weighted by molar-refractivity contribution is 5.85. The smallest absolute Gasteiger partial charge is 0.326 e. The number of nitrogens with one attached hydrogen (secondary N) is 1. The topological polar surface area (TPSA) is 119 Å². The maximum Gasteiger partial charge on any atom is 0.326 e. The van der Waals surface area contributed by atoms with Crippen molar-refractivity contribution in [2.45, 2.75) is 66.3 Å². The van der Waals surface area contributed by atoms with Gasteiger partial charge in [-0.15, -0.1) is 0 Å². The Kier molecular flexibility index (Phi) is 12.2. The van der Waals surface area contributed by atoms with Gasteiger partial charge in [-0.25, -0.2) is 4.79 Å². The first kappa shape index (κ1) is 31.5. The summed E-state index contributed by atoms with van der Waals surface area (Å²) in [5.74, 6) is -3.98. The molecule has 2 N–H and O–H groups in total. The molecule has 0 heterocycles. The third kappa shape index (κ3) is 11.3. The maximum absolute atomic E-state index is 13.5. The molecular formula is C31H41NO7. The van der Waals surface area contributed by atoms with E-state index in [2.05, 4.69) is 5.32 Å². The molecule has 8 nitrogen and oxygen atoms in total. The molecule has 0 fully saturated rings. The van der Waals surface area contributed by atoms with E-state index < -0.39 is 53.9 Å². The number of amides is 1. The molecule has 1 unspecified atom stereocenters. The Balaban J connectivity index is 2.28. The summed E-state index contributed by atoms with van der Waals surface area (Å²) in [5, 5.41) is 12.4. The molecule has 1 amide bonds. The zero-order chi connectivity index (χ0) is 29.0. The van der Waals surface area contributed by atoms with Gasteiger partial charge in [0.2, 0.25) is 12.7 Å². The average molecular weight is 540 g/mol. The van der Waals surface area contributed by atoms with E-state index in [0.717, 1.165) is 11.1 Å². The van der Waals surface area contributed by atoms with Crippen LogP contribution in [0, 0.1) is 23.2 Å². The van der Waals surface area contributed by atoms with Crippen LogP contribution in [-0.2, 0) is 41.5 Å². The number of carboxylic acid groups (broad SMARTS) is 1. The number of rotatable bonds is 14. The second kappa shape index (κ2) is 15.0. The van der Waals surface area contributed by atoms with Crippen LogP contribution in [0.5, 0.6) is 0 Å². The lowest BCUT2D eigenvalue weighted by molar-refractivity contribution is -0.175. The number of esters is 2. The molecule has 0 bridgehead atoms. The van der Waals surface area contributed by atoms with Crippen LogP contribution < -0.4 is 5.32 Å². The molecule has 0 aliphatic heterocycles. The molecule has 39 heavy (non-hydrogen) atoms. The molecule has 2 rings (SSSR count). The highest BCUT2D eigenvalue weighted by atomic mass is 16.7. The van der Waals surface area contributed by atoms with E-state index >= 15 is 0 Å². The molecule has 0 saturated carbocycles. The third-order valence-corrected chi connectivity index (χ3v) is 6.25. The molecule has 0 aromatic heterocycles. The van der Waals surface area contributed by atoms with Crippen LogP contribution in [0.2, 0.25) is 0 Å². The van der Waals surface area contributed by atoms with Crippen molar-refractivity contribution in [1.82, 2.24) is 5.32 Å². The lowest BCUT2D eigenvalue weighted by atomic mass is 9.85. The zero-order valence-corrected chi connectivity index (χ0v) is 23.5. The number of hydrogen-bond acceptors (Lipinski definition) is 6. The van der Waals surface area contributed by atoms with E-state index in [1.165, 1.54) is 0 Å². The molecule has 8 heteroatoms. The van der Waals surface area contributed by atoms with Crippen LogP contribution in [0.1, 0.15) is 58.6 Å². The molecule has 3 atom stereocenters. The zero-order valence-electron chi connectivity index (χ0n) is 23.5. The molecule has 212 valence electrons. The van der Waals surface area contributed by atoms with Gasteiger partial charge in [-0.3, -0.25) is 14.4 Å². The van der Waals surface area contributed by atoms with Crippen LogP contribution >= 0.6 is 0 Å². The highest BCUT2D eigenvalue weighted by Gasteiger charge is 2.32. The van der Waals surface area contributed by atoms with Crippen molar-refractivity contribution < 1.29 is 33.8 Å². The Hall–Kier alpha value is -3.68. The Bertz CT molecular complexity index is 1080. The Morgan fingerprint density at radius 1 is 0.795 bits per heavy atom. The van der Waals surface area contributed by atoms with Gasteiger partial charge in [0, 0.05) is 5.92 Å². The molecule has 0 aliphatic carbocycles. The summed E-state index contributed by atoms with van der Waals surface area (Å²) in [4.78, 5) is 50.6. The third-order valence-electron chi connectivity index (χ3n) is 6.25. The first-order chi connectivity index (χ1) is 18.4. The van der Waals surface area contributed by atoms with E-state index in [1.807, 2.05) is 74.5 Å². The molecule has 2 aromatic rings. The van der Waals surface area contributed by atoms with Gasteiger partial charge >= 0.3 is 17.9 Å². The summed E-state index contributed by atoms with van der Waals surface area (Å²) in [7, 11) is 0. The summed E-state index contributed by atoms with van der Waals surface area (Å²) in [6.07, 6.45) is 1.03. The van der Waals surface area contributed by atoms with Gasteiger partial charge in [0.05, 0.1) is 11.3 Å². The van der Waals surface area contributed by atoms with Crippen molar-refractivity contribution in [2.24, 2.45) is 23.2 Å². The Morgan fingerprint density at radius 2 is 1.31 bits per heavy atom. The molecule has 0 spiro atoms. The summed E-state index contributed by atoms with van der Waals surface area (Å²) >= 11 is 0. The Labute approximate surface area is 231 Å². The first-order valence-electron chi connectivity index (χ1n) is 13.3. The number of ether oxygens (including phenoxy) is 2. The number of carbonyl (C=O) groups excluding carboxylic acids is 3. The van der Waals surface area contributed by atoms with Crippen molar-refractivity contribution in [3.8, 4) is 0 Å². The van der Waals surface area contributed by atoms with Crippen molar-refractivity contribution >= 4 is 23.8 Å². The minimum atomic E-state index is -1.10. The fourth-order valence-electron chi connectivity index (χ4n) is 4.14. The van der Waals surface area contributed by atoms with Crippen molar-refractivity contribution in [1.29, 1.82) is 0 Å².